The number of benzene rings is 2. The second-order valence-corrected chi connectivity index (χ2v) is 14.8. The van der Waals surface area contributed by atoms with Gasteiger partial charge in [0.15, 0.2) is 0 Å². The first kappa shape index (κ1) is 45.8. The number of hydrogen-bond donors (Lipinski definition) is 1. The Morgan fingerprint density at radius 3 is 1.79 bits per heavy atom. The van der Waals surface area contributed by atoms with Crippen LogP contribution in [0.2, 0.25) is 0 Å². The van der Waals surface area contributed by atoms with Gasteiger partial charge in [-0.15, -0.1) is 0 Å². The van der Waals surface area contributed by atoms with Gasteiger partial charge in [-0.2, -0.15) is 13.2 Å². The summed E-state index contributed by atoms with van der Waals surface area (Å²) in [5.41, 5.74) is 2.23. The molecule has 2 aromatic rings. The molecular weight excluding hydrogens is 685 g/mol. The molecular formula is C41H65F3N4O5. The van der Waals surface area contributed by atoms with Crippen molar-refractivity contribution in [2.45, 2.75) is 84.9 Å². The fourth-order valence-corrected chi connectivity index (χ4v) is 6.57. The molecule has 12 heteroatoms. The Balaban J connectivity index is 0.000000328. The quantitative estimate of drug-likeness (QED) is 0.199. The molecule has 0 saturated carbocycles. The molecule has 1 amide bonds. The lowest BCUT2D eigenvalue weighted by atomic mass is 9.97. The van der Waals surface area contributed by atoms with E-state index >= 15 is 0 Å². The number of carbonyl (C=O) groups excluding carboxylic acids is 2. The molecule has 2 atom stereocenters. The Hall–Kier alpha value is -3.35. The number of piperidine rings is 2. The molecule has 53 heavy (non-hydrogen) atoms. The summed E-state index contributed by atoms with van der Waals surface area (Å²) in [5, 5.41) is 3.48. The number of methoxy groups -OCH3 is 2. The van der Waals surface area contributed by atoms with E-state index in [1.54, 1.807) is 14.2 Å². The van der Waals surface area contributed by atoms with Gasteiger partial charge in [0, 0.05) is 39.3 Å². The minimum Gasteiger partial charge on any atom is -0.497 e. The van der Waals surface area contributed by atoms with E-state index in [1.807, 2.05) is 50.8 Å². The predicted molar refractivity (Wildman–Crippen MR) is 206 cm³/mol. The average Bonchev–Trinajstić information content (AvgIpc) is 3.14. The molecule has 0 aromatic heterocycles. The molecule has 0 spiro atoms. The second-order valence-electron chi connectivity index (χ2n) is 14.8. The summed E-state index contributed by atoms with van der Waals surface area (Å²) in [6.45, 7) is 20.6. The Labute approximate surface area is 316 Å². The van der Waals surface area contributed by atoms with Crippen LogP contribution in [0.15, 0.2) is 48.5 Å². The van der Waals surface area contributed by atoms with Crippen LogP contribution >= 0.6 is 0 Å². The lowest BCUT2D eigenvalue weighted by molar-refractivity contribution is -0.156. The molecule has 2 heterocycles. The Morgan fingerprint density at radius 2 is 1.36 bits per heavy atom. The zero-order chi connectivity index (χ0) is 39.3. The number of aldehydes is 1. The van der Waals surface area contributed by atoms with Crippen molar-refractivity contribution in [3.8, 4) is 11.5 Å². The maximum atomic E-state index is 12.4. The highest BCUT2D eigenvalue weighted by molar-refractivity contribution is 5.68. The van der Waals surface area contributed by atoms with Gasteiger partial charge >= 0.3 is 12.3 Å². The number of nitrogens with zero attached hydrogens (tertiary/aromatic N) is 3. The third-order valence-corrected chi connectivity index (χ3v) is 9.24. The summed E-state index contributed by atoms with van der Waals surface area (Å²) in [5.74, 6) is 3.22. The Bertz CT molecular complexity index is 1320. The van der Waals surface area contributed by atoms with Gasteiger partial charge in [0.1, 0.15) is 17.1 Å². The van der Waals surface area contributed by atoms with Gasteiger partial charge in [0.25, 0.3) is 0 Å². The summed E-state index contributed by atoms with van der Waals surface area (Å²) in [4.78, 5) is 28.1. The van der Waals surface area contributed by atoms with Crippen LogP contribution in [0.4, 0.5) is 18.0 Å². The van der Waals surface area contributed by atoms with E-state index in [2.05, 4.69) is 52.4 Å². The molecule has 2 fully saturated rings. The van der Waals surface area contributed by atoms with Gasteiger partial charge in [-0.25, -0.2) is 4.79 Å². The monoisotopic (exact) mass is 750 g/mol. The van der Waals surface area contributed by atoms with Crippen LogP contribution in [0, 0.1) is 11.8 Å². The fourth-order valence-electron chi connectivity index (χ4n) is 6.57. The molecule has 2 unspecified atom stereocenters. The van der Waals surface area contributed by atoms with Crippen molar-refractivity contribution >= 4 is 12.4 Å². The number of rotatable bonds is 14. The van der Waals surface area contributed by atoms with E-state index in [-0.39, 0.29) is 6.09 Å². The smallest absolute Gasteiger partial charge is 0.446 e. The Morgan fingerprint density at radius 1 is 0.868 bits per heavy atom. The van der Waals surface area contributed by atoms with Crippen LogP contribution in [0.25, 0.3) is 0 Å². The van der Waals surface area contributed by atoms with Gasteiger partial charge in [-0.3, -0.25) is 4.79 Å². The first-order chi connectivity index (χ1) is 25.2. The molecule has 300 valence electrons. The van der Waals surface area contributed by atoms with E-state index in [1.165, 1.54) is 56.4 Å². The number of halogens is 3. The highest BCUT2D eigenvalue weighted by Gasteiger charge is 2.27. The normalized spacial score (nSPS) is 18.1. The Kier molecular flexibility index (Phi) is 20.9. The van der Waals surface area contributed by atoms with Crippen molar-refractivity contribution < 1.29 is 37.0 Å². The molecule has 2 aliphatic rings. The van der Waals surface area contributed by atoms with Gasteiger partial charge < -0.3 is 34.2 Å². The zero-order valence-corrected chi connectivity index (χ0v) is 33.2. The van der Waals surface area contributed by atoms with Crippen LogP contribution in [-0.4, -0.2) is 119 Å². The second kappa shape index (κ2) is 24.1. The maximum Gasteiger partial charge on any atom is 0.446 e. The highest BCUT2D eigenvalue weighted by atomic mass is 19.4. The minimum atomic E-state index is -4.64. The average molecular weight is 751 g/mol. The maximum absolute atomic E-state index is 12.4. The van der Waals surface area contributed by atoms with E-state index in [0.29, 0.717) is 12.5 Å². The standard InChI is InChI=1S/C22H36N2O3.C17H28N2O.C2HF3O/c1-6-24(21(25)27-22(2,3)4)17-19-10-8-13-23(16-19)14-12-18-9-7-11-20(15-18)26-5;1-3-18-13-16-7-5-10-19(14-16)11-9-15-6-4-8-17(12-15)20-2;3-2(4,5)1-6/h7,9,11,15,19H,6,8,10,12-14,16-17H2,1-5H3;4,6,8,12,16,18H,3,5,7,9-11,13-14H2,1-2H3;1H. The lowest BCUT2D eigenvalue weighted by Gasteiger charge is -2.36. The van der Waals surface area contributed by atoms with Crippen LogP contribution in [0.3, 0.4) is 0 Å². The van der Waals surface area contributed by atoms with Crippen molar-refractivity contribution in [3.63, 3.8) is 0 Å². The third kappa shape index (κ3) is 20.1. The van der Waals surface area contributed by atoms with Crippen LogP contribution in [0.5, 0.6) is 11.5 Å². The van der Waals surface area contributed by atoms with E-state index in [4.69, 9.17) is 19.0 Å². The largest absolute Gasteiger partial charge is 0.497 e. The number of alkyl halides is 3. The van der Waals surface area contributed by atoms with Gasteiger partial charge in [0.2, 0.25) is 6.29 Å². The van der Waals surface area contributed by atoms with Crippen molar-refractivity contribution in [2.75, 3.05) is 79.7 Å². The summed E-state index contributed by atoms with van der Waals surface area (Å²) < 4.78 is 47.4. The first-order valence-electron chi connectivity index (χ1n) is 19.1. The van der Waals surface area contributed by atoms with Gasteiger partial charge in [-0.05, 0) is 140 Å². The van der Waals surface area contributed by atoms with Crippen LogP contribution in [0.1, 0.15) is 71.4 Å². The van der Waals surface area contributed by atoms with Crippen molar-refractivity contribution in [1.82, 2.24) is 20.0 Å². The van der Waals surface area contributed by atoms with Crippen molar-refractivity contribution in [2.24, 2.45) is 11.8 Å². The third-order valence-electron chi connectivity index (χ3n) is 9.24. The van der Waals surface area contributed by atoms with Crippen LogP contribution in [-0.2, 0) is 22.4 Å². The number of ether oxygens (including phenoxy) is 3. The van der Waals surface area contributed by atoms with Gasteiger partial charge in [0.05, 0.1) is 14.2 Å². The molecule has 1 N–H and O–H groups in total. The lowest BCUT2D eigenvalue weighted by Crippen LogP contribution is -2.44. The molecule has 2 aromatic carbocycles. The fraction of sp³-hybridized carbons (Fsp3) is 0.659. The topological polar surface area (TPSA) is 83.6 Å². The predicted octanol–water partition coefficient (Wildman–Crippen LogP) is 7.51. The molecule has 2 saturated heterocycles. The summed E-state index contributed by atoms with van der Waals surface area (Å²) in [6, 6.07) is 16.7. The number of likely N-dealkylation sites (tertiary alicyclic amines) is 2. The van der Waals surface area contributed by atoms with E-state index in [0.717, 1.165) is 69.5 Å². The number of amides is 1. The van der Waals surface area contributed by atoms with Crippen molar-refractivity contribution in [1.29, 1.82) is 0 Å². The number of carbonyl (C=O) groups is 2. The molecule has 0 aliphatic carbocycles. The molecule has 0 radical (unpaired) electrons. The van der Waals surface area contributed by atoms with E-state index in [9.17, 15) is 18.0 Å². The number of hydrogen-bond acceptors (Lipinski definition) is 8. The zero-order valence-electron chi connectivity index (χ0n) is 33.2. The number of nitrogens with one attached hydrogen (secondary N) is 1. The molecule has 4 rings (SSSR count). The highest BCUT2D eigenvalue weighted by Crippen LogP contribution is 2.21. The molecule has 2 aliphatic heterocycles. The molecule has 0 bridgehead atoms. The minimum absolute atomic E-state index is 0.196. The summed E-state index contributed by atoms with van der Waals surface area (Å²) >= 11 is 0. The summed E-state index contributed by atoms with van der Waals surface area (Å²) in [7, 11) is 3.44. The van der Waals surface area contributed by atoms with Crippen LogP contribution < -0.4 is 14.8 Å². The SMILES string of the molecule is CCN(CC1CCCN(CCc2cccc(OC)c2)C1)C(=O)OC(C)(C)C.CCNCC1CCCN(CCc2cccc(OC)c2)C1.O=CC(F)(F)F. The van der Waals surface area contributed by atoms with E-state index < -0.39 is 18.1 Å². The first-order valence-corrected chi connectivity index (χ1v) is 19.1. The summed E-state index contributed by atoms with van der Waals surface area (Å²) in [6.07, 6.45) is 1.32. The van der Waals surface area contributed by atoms with Gasteiger partial charge in [-0.1, -0.05) is 31.2 Å². The molecule has 9 nitrogen and oxygen atoms in total. The van der Waals surface area contributed by atoms with Crippen molar-refractivity contribution in [3.05, 3.63) is 59.7 Å².